The Kier molecular flexibility index (Phi) is 7.62. The minimum Gasteiger partial charge on any atom is -0.359 e. The van der Waals surface area contributed by atoms with Crippen molar-refractivity contribution in [1.29, 1.82) is 0 Å². The van der Waals surface area contributed by atoms with Gasteiger partial charge in [-0.05, 0) is 19.3 Å². The average molecular weight is 363 g/mol. The summed E-state index contributed by atoms with van der Waals surface area (Å²) in [6.07, 6.45) is 3.62. The summed E-state index contributed by atoms with van der Waals surface area (Å²) >= 11 is 0. The number of guanidine groups is 1. The number of carbonyl (C=O) groups is 2. The third-order valence-corrected chi connectivity index (χ3v) is 4.65. The van der Waals surface area contributed by atoms with Crippen molar-refractivity contribution in [3.63, 3.8) is 0 Å². The van der Waals surface area contributed by atoms with E-state index in [9.17, 15) is 9.59 Å². The monoisotopic (exact) mass is 363 g/mol. The summed E-state index contributed by atoms with van der Waals surface area (Å²) in [6, 6.07) is 1.98. The van der Waals surface area contributed by atoms with Crippen molar-refractivity contribution < 1.29 is 14.1 Å². The molecule has 1 saturated heterocycles. The van der Waals surface area contributed by atoms with Gasteiger partial charge in [0.05, 0.1) is 12.2 Å². The highest BCUT2D eigenvalue weighted by Gasteiger charge is 2.25. The lowest BCUT2D eigenvalue weighted by molar-refractivity contribution is -0.147. The molecular weight excluding hydrogens is 334 g/mol. The molecule has 0 radical (unpaired) electrons. The van der Waals surface area contributed by atoms with E-state index < -0.39 is 0 Å². The molecule has 0 bridgehead atoms. The highest BCUT2D eigenvalue weighted by molar-refractivity contribution is 5.97. The van der Waals surface area contributed by atoms with Crippen molar-refractivity contribution in [2.45, 2.75) is 58.4 Å². The average Bonchev–Trinajstić information content (AvgIpc) is 3.10. The van der Waals surface area contributed by atoms with Gasteiger partial charge in [-0.2, -0.15) is 0 Å². The first-order valence-electron chi connectivity index (χ1n) is 9.32. The van der Waals surface area contributed by atoms with E-state index in [0.717, 1.165) is 24.3 Å². The lowest BCUT2D eigenvalue weighted by atomic mass is 9.99. The van der Waals surface area contributed by atoms with E-state index >= 15 is 0 Å². The molecule has 0 aromatic carbocycles. The number of imide groups is 1. The van der Waals surface area contributed by atoms with E-state index in [1.807, 2.05) is 6.07 Å². The number of aliphatic imine (C=N–C) groups is 1. The maximum atomic E-state index is 11.8. The molecule has 8 heteroatoms. The first-order valence-corrected chi connectivity index (χ1v) is 9.32. The van der Waals surface area contributed by atoms with Gasteiger partial charge in [-0.25, -0.2) is 0 Å². The van der Waals surface area contributed by atoms with E-state index in [0.29, 0.717) is 50.8 Å². The second kappa shape index (κ2) is 9.94. The fourth-order valence-electron chi connectivity index (χ4n) is 3.04. The number of nitrogens with zero attached hydrogens (tertiary/aromatic N) is 3. The lowest BCUT2D eigenvalue weighted by Crippen LogP contribution is -2.46. The van der Waals surface area contributed by atoms with Gasteiger partial charge in [-0.1, -0.05) is 19.0 Å². The largest absolute Gasteiger partial charge is 0.359 e. The van der Waals surface area contributed by atoms with Crippen LogP contribution in [0.1, 0.15) is 63.3 Å². The Bertz CT molecular complexity index is 621. The fourth-order valence-corrected chi connectivity index (χ4v) is 3.04. The SMILES string of the molecule is CCC(CC)c1cc(CNC(=NC)NCCN2C(=O)CCCC2=O)on1. The number of hydrogen-bond acceptors (Lipinski definition) is 5. The van der Waals surface area contributed by atoms with Gasteiger partial charge in [0.15, 0.2) is 11.7 Å². The lowest BCUT2D eigenvalue weighted by Gasteiger charge is -2.25. The molecule has 1 aromatic heterocycles. The van der Waals surface area contributed by atoms with Gasteiger partial charge < -0.3 is 15.2 Å². The molecule has 2 amide bonds. The number of hydrogen-bond donors (Lipinski definition) is 2. The van der Waals surface area contributed by atoms with Crippen LogP contribution in [0.5, 0.6) is 0 Å². The first kappa shape index (κ1) is 19.9. The van der Waals surface area contributed by atoms with Crippen LogP contribution in [-0.4, -0.2) is 48.0 Å². The second-order valence-electron chi connectivity index (χ2n) is 6.38. The molecule has 1 aliphatic rings. The van der Waals surface area contributed by atoms with Crippen LogP contribution in [0.15, 0.2) is 15.6 Å². The molecule has 2 heterocycles. The van der Waals surface area contributed by atoms with Crippen LogP contribution in [0.3, 0.4) is 0 Å². The van der Waals surface area contributed by atoms with Crippen molar-refractivity contribution in [2.75, 3.05) is 20.1 Å². The molecule has 0 atom stereocenters. The molecule has 0 aliphatic carbocycles. The molecule has 0 saturated carbocycles. The number of rotatable bonds is 8. The number of piperidine rings is 1. The number of carbonyl (C=O) groups excluding carboxylic acids is 2. The number of amides is 2. The van der Waals surface area contributed by atoms with Gasteiger partial charge in [-0.15, -0.1) is 0 Å². The van der Waals surface area contributed by atoms with Crippen molar-refractivity contribution in [2.24, 2.45) is 4.99 Å². The topological polar surface area (TPSA) is 99.8 Å². The zero-order valence-electron chi connectivity index (χ0n) is 15.9. The van der Waals surface area contributed by atoms with E-state index in [1.165, 1.54) is 4.90 Å². The van der Waals surface area contributed by atoms with Crippen LogP contribution in [0.4, 0.5) is 0 Å². The van der Waals surface area contributed by atoms with Crippen molar-refractivity contribution >= 4 is 17.8 Å². The maximum absolute atomic E-state index is 11.8. The Balaban J connectivity index is 1.77. The van der Waals surface area contributed by atoms with Crippen LogP contribution in [0, 0.1) is 0 Å². The smallest absolute Gasteiger partial charge is 0.229 e. The van der Waals surface area contributed by atoms with Crippen LogP contribution >= 0.6 is 0 Å². The summed E-state index contributed by atoms with van der Waals surface area (Å²) in [5.74, 6) is 1.56. The fraction of sp³-hybridized carbons (Fsp3) is 0.667. The molecule has 0 spiro atoms. The highest BCUT2D eigenvalue weighted by atomic mass is 16.5. The van der Waals surface area contributed by atoms with E-state index in [4.69, 9.17) is 4.52 Å². The summed E-state index contributed by atoms with van der Waals surface area (Å²) in [5, 5.41) is 10.4. The van der Waals surface area contributed by atoms with Gasteiger partial charge in [0.2, 0.25) is 11.8 Å². The number of likely N-dealkylation sites (tertiary alicyclic amines) is 1. The standard InChI is InChI=1S/C18H29N5O3/c1-4-13(5-2)15-11-14(26-22-15)12-21-18(19-3)20-9-10-23-16(24)7-6-8-17(23)25/h11,13H,4-10,12H2,1-3H3,(H2,19,20,21). The van der Waals surface area contributed by atoms with Crippen LogP contribution in [0.2, 0.25) is 0 Å². The van der Waals surface area contributed by atoms with Crippen molar-refractivity contribution in [3.05, 3.63) is 17.5 Å². The summed E-state index contributed by atoms with van der Waals surface area (Å²) in [6.45, 7) is 5.55. The molecule has 1 fully saturated rings. The Morgan fingerprint density at radius 3 is 2.58 bits per heavy atom. The third kappa shape index (κ3) is 5.31. The normalized spacial score (nSPS) is 15.7. The number of nitrogens with one attached hydrogen (secondary N) is 2. The molecule has 0 unspecified atom stereocenters. The molecule has 2 N–H and O–H groups in total. The van der Waals surface area contributed by atoms with Gasteiger partial charge in [0.25, 0.3) is 0 Å². The molecule has 26 heavy (non-hydrogen) atoms. The zero-order valence-corrected chi connectivity index (χ0v) is 15.9. The molecule has 1 aromatic rings. The predicted octanol–water partition coefficient (Wildman–Crippen LogP) is 1.78. The quantitative estimate of drug-likeness (QED) is 0.415. The minimum absolute atomic E-state index is 0.0958. The minimum atomic E-state index is -0.0958. The first-order chi connectivity index (χ1) is 12.6. The van der Waals surface area contributed by atoms with Crippen LogP contribution in [0.25, 0.3) is 0 Å². The second-order valence-corrected chi connectivity index (χ2v) is 6.38. The highest BCUT2D eigenvalue weighted by Crippen LogP contribution is 2.22. The maximum Gasteiger partial charge on any atom is 0.229 e. The third-order valence-electron chi connectivity index (χ3n) is 4.65. The van der Waals surface area contributed by atoms with E-state index in [1.54, 1.807) is 7.05 Å². The van der Waals surface area contributed by atoms with Crippen LogP contribution in [-0.2, 0) is 16.1 Å². The molecular formula is C18H29N5O3. The van der Waals surface area contributed by atoms with E-state index in [-0.39, 0.29) is 11.8 Å². The van der Waals surface area contributed by atoms with E-state index in [2.05, 4.69) is 34.6 Å². The Morgan fingerprint density at radius 1 is 1.27 bits per heavy atom. The summed E-state index contributed by atoms with van der Waals surface area (Å²) in [7, 11) is 1.67. The summed E-state index contributed by atoms with van der Waals surface area (Å²) < 4.78 is 5.38. The molecule has 2 rings (SSSR count). The summed E-state index contributed by atoms with van der Waals surface area (Å²) in [4.78, 5) is 29.0. The molecule has 144 valence electrons. The van der Waals surface area contributed by atoms with Gasteiger partial charge in [0.1, 0.15) is 0 Å². The molecule has 8 nitrogen and oxygen atoms in total. The van der Waals surface area contributed by atoms with Crippen LogP contribution < -0.4 is 10.6 Å². The van der Waals surface area contributed by atoms with Crippen molar-refractivity contribution in [3.8, 4) is 0 Å². The summed E-state index contributed by atoms with van der Waals surface area (Å²) in [5.41, 5.74) is 0.983. The predicted molar refractivity (Wildman–Crippen MR) is 98.6 cm³/mol. The Morgan fingerprint density at radius 2 is 1.96 bits per heavy atom. The Labute approximate surface area is 154 Å². The molecule has 1 aliphatic heterocycles. The van der Waals surface area contributed by atoms with Gasteiger partial charge in [0, 0.05) is 45.0 Å². The van der Waals surface area contributed by atoms with Crippen molar-refractivity contribution in [1.82, 2.24) is 20.7 Å². The Hall–Kier alpha value is -2.38. The zero-order chi connectivity index (χ0) is 18.9. The number of aromatic nitrogens is 1. The van der Waals surface area contributed by atoms with Gasteiger partial charge in [-0.3, -0.25) is 19.5 Å². The van der Waals surface area contributed by atoms with Gasteiger partial charge >= 0.3 is 0 Å².